The van der Waals surface area contributed by atoms with Gasteiger partial charge in [-0.1, -0.05) is 12.8 Å². The van der Waals surface area contributed by atoms with Crippen LogP contribution in [0.4, 0.5) is 0 Å². The normalized spacial score (nSPS) is 28.1. The first kappa shape index (κ1) is 10.4. The molecule has 82 valence electrons. The van der Waals surface area contributed by atoms with E-state index in [0.29, 0.717) is 0 Å². The van der Waals surface area contributed by atoms with E-state index in [0.717, 1.165) is 18.0 Å². The topological polar surface area (TPSA) is 24.1 Å². The van der Waals surface area contributed by atoms with Gasteiger partial charge >= 0.3 is 0 Å². The Morgan fingerprint density at radius 1 is 1.07 bits per heavy atom. The molecule has 2 aliphatic rings. The summed E-state index contributed by atoms with van der Waals surface area (Å²) in [5, 5.41) is 7.24. The molecule has 0 aromatic heterocycles. The van der Waals surface area contributed by atoms with E-state index in [1.54, 1.807) is 0 Å². The molecule has 1 saturated heterocycles. The van der Waals surface area contributed by atoms with E-state index in [1.165, 1.54) is 51.6 Å². The summed E-state index contributed by atoms with van der Waals surface area (Å²) in [6, 6.07) is 1.53. The van der Waals surface area contributed by atoms with Crippen LogP contribution in [0.1, 0.15) is 45.4 Å². The van der Waals surface area contributed by atoms with Crippen LogP contribution in [0.15, 0.2) is 0 Å². The molecular weight excluding hydrogens is 172 g/mol. The van der Waals surface area contributed by atoms with Crippen LogP contribution in [0.2, 0.25) is 0 Å². The zero-order valence-electron chi connectivity index (χ0n) is 9.39. The highest BCUT2D eigenvalue weighted by Gasteiger charge is 2.23. The Hall–Kier alpha value is -0.0800. The Morgan fingerprint density at radius 3 is 2.36 bits per heavy atom. The Kier molecular flexibility index (Phi) is 3.82. The smallest absolute Gasteiger partial charge is 0.00938 e. The molecule has 0 unspecified atom stereocenters. The molecule has 2 N–H and O–H groups in total. The van der Waals surface area contributed by atoms with Crippen molar-refractivity contribution < 1.29 is 0 Å². The molecule has 0 radical (unpaired) electrons. The Bertz CT molecular complexity index is 158. The highest BCUT2D eigenvalue weighted by molar-refractivity contribution is 4.82. The van der Waals surface area contributed by atoms with E-state index >= 15 is 0 Å². The average molecular weight is 196 g/mol. The van der Waals surface area contributed by atoms with Crippen molar-refractivity contribution in [1.82, 2.24) is 10.6 Å². The maximum absolute atomic E-state index is 3.82. The molecule has 0 bridgehead atoms. The van der Waals surface area contributed by atoms with Crippen molar-refractivity contribution in [3.63, 3.8) is 0 Å². The molecule has 0 spiro atoms. The first-order valence-corrected chi connectivity index (χ1v) is 6.33. The predicted octanol–water partition coefficient (Wildman–Crippen LogP) is 1.91. The van der Waals surface area contributed by atoms with Gasteiger partial charge in [0.05, 0.1) is 0 Å². The van der Waals surface area contributed by atoms with Crippen LogP contribution in [0.5, 0.6) is 0 Å². The average Bonchev–Trinajstić information content (AvgIpc) is 2.72. The van der Waals surface area contributed by atoms with Crippen LogP contribution in [-0.4, -0.2) is 25.2 Å². The number of hydrogen-bond donors (Lipinski definition) is 2. The van der Waals surface area contributed by atoms with Crippen molar-refractivity contribution in [2.45, 2.75) is 57.5 Å². The molecule has 2 rings (SSSR count). The fourth-order valence-corrected chi connectivity index (χ4v) is 2.95. The van der Waals surface area contributed by atoms with Crippen molar-refractivity contribution in [2.75, 3.05) is 13.1 Å². The third kappa shape index (κ3) is 2.71. The van der Waals surface area contributed by atoms with Gasteiger partial charge in [0.1, 0.15) is 0 Å². The van der Waals surface area contributed by atoms with E-state index in [-0.39, 0.29) is 0 Å². The van der Waals surface area contributed by atoms with Gasteiger partial charge in [0.15, 0.2) is 0 Å². The third-order valence-corrected chi connectivity index (χ3v) is 3.94. The lowest BCUT2D eigenvalue weighted by molar-refractivity contribution is 0.300. The highest BCUT2D eigenvalue weighted by atomic mass is 15.0. The number of nitrogens with one attached hydrogen (secondary N) is 2. The molecule has 0 aromatic rings. The largest absolute Gasteiger partial charge is 0.317 e. The van der Waals surface area contributed by atoms with Crippen LogP contribution in [-0.2, 0) is 0 Å². The van der Waals surface area contributed by atoms with Crippen molar-refractivity contribution in [2.24, 2.45) is 5.92 Å². The molecule has 2 heteroatoms. The van der Waals surface area contributed by atoms with Crippen molar-refractivity contribution in [1.29, 1.82) is 0 Å². The van der Waals surface area contributed by atoms with E-state index < -0.39 is 0 Å². The van der Waals surface area contributed by atoms with Crippen LogP contribution in [0.25, 0.3) is 0 Å². The molecule has 1 aliphatic carbocycles. The lowest BCUT2D eigenvalue weighted by Crippen LogP contribution is -2.45. The van der Waals surface area contributed by atoms with Gasteiger partial charge in [0.25, 0.3) is 0 Å². The Morgan fingerprint density at radius 2 is 1.71 bits per heavy atom. The second kappa shape index (κ2) is 5.13. The molecule has 0 aromatic carbocycles. The predicted molar refractivity (Wildman–Crippen MR) is 60.4 cm³/mol. The molecular formula is C12H24N2. The Balaban J connectivity index is 1.72. The van der Waals surface area contributed by atoms with Crippen molar-refractivity contribution in [3.8, 4) is 0 Å². The summed E-state index contributed by atoms with van der Waals surface area (Å²) in [6.45, 7) is 4.79. The van der Waals surface area contributed by atoms with Gasteiger partial charge in [-0.3, -0.25) is 0 Å². The van der Waals surface area contributed by atoms with E-state index in [9.17, 15) is 0 Å². The minimum Gasteiger partial charge on any atom is -0.317 e. The molecule has 1 aliphatic heterocycles. The van der Waals surface area contributed by atoms with Crippen LogP contribution in [0.3, 0.4) is 0 Å². The first-order chi connectivity index (χ1) is 6.86. The number of piperidine rings is 1. The van der Waals surface area contributed by atoms with E-state index in [2.05, 4.69) is 17.6 Å². The van der Waals surface area contributed by atoms with Gasteiger partial charge in [-0.15, -0.1) is 0 Å². The van der Waals surface area contributed by atoms with E-state index in [1.807, 2.05) is 0 Å². The molecule has 0 amide bonds. The molecule has 1 saturated carbocycles. The van der Waals surface area contributed by atoms with Crippen LogP contribution < -0.4 is 10.6 Å². The number of hydrogen-bond acceptors (Lipinski definition) is 2. The second-order valence-corrected chi connectivity index (χ2v) is 5.02. The zero-order valence-corrected chi connectivity index (χ0v) is 9.39. The lowest BCUT2D eigenvalue weighted by Gasteiger charge is -2.30. The molecule has 14 heavy (non-hydrogen) atoms. The lowest BCUT2D eigenvalue weighted by atomic mass is 9.97. The minimum atomic E-state index is 0.751. The molecule has 1 heterocycles. The monoisotopic (exact) mass is 196 g/mol. The second-order valence-electron chi connectivity index (χ2n) is 5.02. The van der Waals surface area contributed by atoms with Gasteiger partial charge in [0, 0.05) is 12.1 Å². The van der Waals surface area contributed by atoms with Crippen LogP contribution >= 0.6 is 0 Å². The standard InChI is InChI=1S/C12H24N2/c1-10(11-4-2-3-5-11)14-12-6-8-13-9-7-12/h10-14H,2-9H2,1H3/t10-/m1/s1. The van der Waals surface area contributed by atoms with Gasteiger partial charge in [-0.2, -0.15) is 0 Å². The van der Waals surface area contributed by atoms with E-state index in [4.69, 9.17) is 0 Å². The third-order valence-electron chi connectivity index (χ3n) is 3.94. The van der Waals surface area contributed by atoms with Gasteiger partial charge in [-0.05, 0) is 51.6 Å². The van der Waals surface area contributed by atoms with Crippen LogP contribution in [0, 0.1) is 5.92 Å². The maximum Gasteiger partial charge on any atom is 0.00938 e. The summed E-state index contributed by atoms with van der Waals surface area (Å²) in [5.41, 5.74) is 0. The van der Waals surface area contributed by atoms with Gasteiger partial charge < -0.3 is 10.6 Å². The summed E-state index contributed by atoms with van der Waals surface area (Å²) in [4.78, 5) is 0. The molecule has 2 nitrogen and oxygen atoms in total. The number of rotatable bonds is 3. The summed E-state index contributed by atoms with van der Waals surface area (Å²) >= 11 is 0. The maximum atomic E-state index is 3.82. The molecule has 1 atom stereocenters. The summed E-state index contributed by atoms with van der Waals surface area (Å²) in [5.74, 6) is 0.963. The van der Waals surface area contributed by atoms with Gasteiger partial charge in [0.2, 0.25) is 0 Å². The fraction of sp³-hybridized carbons (Fsp3) is 1.00. The zero-order chi connectivity index (χ0) is 9.80. The Labute approximate surface area is 87.8 Å². The fourth-order valence-electron chi connectivity index (χ4n) is 2.95. The highest BCUT2D eigenvalue weighted by Crippen LogP contribution is 2.28. The molecule has 2 fully saturated rings. The summed E-state index contributed by atoms with van der Waals surface area (Å²) in [6.07, 6.45) is 8.47. The minimum absolute atomic E-state index is 0.751. The van der Waals surface area contributed by atoms with Gasteiger partial charge in [-0.25, -0.2) is 0 Å². The van der Waals surface area contributed by atoms with Crippen molar-refractivity contribution in [3.05, 3.63) is 0 Å². The summed E-state index contributed by atoms with van der Waals surface area (Å²) < 4.78 is 0. The quantitative estimate of drug-likeness (QED) is 0.720. The summed E-state index contributed by atoms with van der Waals surface area (Å²) in [7, 11) is 0. The van der Waals surface area contributed by atoms with Crippen molar-refractivity contribution >= 4 is 0 Å². The first-order valence-electron chi connectivity index (χ1n) is 6.33. The SMILES string of the molecule is C[C@@H](NC1CCNCC1)C1CCCC1.